The molecule has 1 aromatic rings. The van der Waals surface area contributed by atoms with Gasteiger partial charge in [-0.15, -0.1) is 0 Å². The molecule has 0 bridgehead atoms. The van der Waals surface area contributed by atoms with Gasteiger partial charge in [-0.2, -0.15) is 0 Å². The highest BCUT2D eigenvalue weighted by molar-refractivity contribution is 5.94. The summed E-state index contributed by atoms with van der Waals surface area (Å²) in [5.41, 5.74) is 0.689. The molecule has 1 aromatic carbocycles. The van der Waals surface area contributed by atoms with Gasteiger partial charge >= 0.3 is 0 Å². The highest BCUT2D eigenvalue weighted by Crippen LogP contribution is 2.18. The number of likely N-dealkylation sites (tertiary alicyclic amines) is 1. The van der Waals surface area contributed by atoms with Gasteiger partial charge in [0, 0.05) is 31.7 Å². The van der Waals surface area contributed by atoms with Gasteiger partial charge in [0.05, 0.1) is 5.92 Å². The molecule has 0 saturated carbocycles. The predicted octanol–water partition coefficient (Wildman–Crippen LogP) is 0.874. The number of likely N-dealkylation sites (N-methyl/N-ethyl adjacent to an activating group) is 1. The zero-order valence-electron chi connectivity index (χ0n) is 12.5. The predicted molar refractivity (Wildman–Crippen MR) is 82.0 cm³/mol. The lowest BCUT2D eigenvalue weighted by Crippen LogP contribution is -2.46. The van der Waals surface area contributed by atoms with Crippen LogP contribution in [0.5, 0.6) is 0 Å². The Bertz CT molecular complexity index is 476. The van der Waals surface area contributed by atoms with Crippen molar-refractivity contribution in [1.82, 2.24) is 15.5 Å². The zero-order valence-corrected chi connectivity index (χ0v) is 12.5. The van der Waals surface area contributed by atoms with Gasteiger partial charge in [-0.25, -0.2) is 0 Å². The fourth-order valence-electron chi connectivity index (χ4n) is 2.59. The zero-order chi connectivity index (χ0) is 15.1. The molecule has 1 aliphatic heterocycles. The van der Waals surface area contributed by atoms with Crippen LogP contribution in [0.15, 0.2) is 30.3 Å². The first-order chi connectivity index (χ1) is 10.2. The number of carbonyl (C=O) groups is 2. The van der Waals surface area contributed by atoms with Crippen LogP contribution in [0, 0.1) is 5.92 Å². The lowest BCUT2D eigenvalue weighted by molar-refractivity contribution is -0.126. The normalized spacial score (nSPS) is 18.3. The van der Waals surface area contributed by atoms with Crippen molar-refractivity contribution >= 4 is 11.8 Å². The summed E-state index contributed by atoms with van der Waals surface area (Å²) in [5, 5.41) is 5.91. The number of hydrogen-bond acceptors (Lipinski definition) is 3. The quantitative estimate of drug-likeness (QED) is 0.791. The van der Waals surface area contributed by atoms with E-state index in [1.807, 2.05) is 37.4 Å². The van der Waals surface area contributed by atoms with E-state index >= 15 is 0 Å². The molecule has 0 aliphatic carbocycles. The molecular weight excluding hydrogens is 266 g/mol. The number of piperidine rings is 1. The summed E-state index contributed by atoms with van der Waals surface area (Å²) in [5.74, 6) is -0.0256. The fraction of sp³-hybridized carbons (Fsp3) is 0.500. The summed E-state index contributed by atoms with van der Waals surface area (Å²) in [7, 11) is 1.85. The minimum absolute atomic E-state index is 0.0170. The van der Waals surface area contributed by atoms with Gasteiger partial charge in [-0.1, -0.05) is 18.2 Å². The molecule has 1 fully saturated rings. The van der Waals surface area contributed by atoms with Gasteiger partial charge in [0.25, 0.3) is 5.91 Å². The second-order valence-electron chi connectivity index (χ2n) is 5.35. The standard InChI is InChI=1S/C16H23N3O2/c1-17-9-10-18-15(20)14-8-5-11-19(12-14)16(21)13-6-3-2-4-7-13/h2-4,6-7,14,17H,5,8-12H2,1H3,(H,18,20). The first kappa shape index (κ1) is 15.5. The maximum Gasteiger partial charge on any atom is 0.253 e. The lowest BCUT2D eigenvalue weighted by atomic mass is 9.96. The molecule has 1 aliphatic rings. The molecule has 2 N–H and O–H groups in total. The molecule has 5 nitrogen and oxygen atoms in total. The van der Waals surface area contributed by atoms with E-state index in [9.17, 15) is 9.59 Å². The van der Waals surface area contributed by atoms with Crippen LogP contribution in [0.1, 0.15) is 23.2 Å². The molecule has 1 heterocycles. The van der Waals surface area contributed by atoms with Crippen molar-refractivity contribution in [2.24, 2.45) is 5.92 Å². The number of amides is 2. The summed E-state index contributed by atoms with van der Waals surface area (Å²) in [4.78, 5) is 26.3. The van der Waals surface area contributed by atoms with Crippen LogP contribution < -0.4 is 10.6 Å². The summed E-state index contributed by atoms with van der Waals surface area (Å²) < 4.78 is 0. The van der Waals surface area contributed by atoms with E-state index in [0.717, 1.165) is 25.9 Å². The van der Waals surface area contributed by atoms with Crippen LogP contribution in [0.2, 0.25) is 0 Å². The first-order valence-electron chi connectivity index (χ1n) is 7.49. The highest BCUT2D eigenvalue weighted by Gasteiger charge is 2.28. The SMILES string of the molecule is CNCCNC(=O)C1CCCN(C(=O)c2ccccc2)C1. The molecule has 5 heteroatoms. The van der Waals surface area contributed by atoms with Crippen LogP contribution in [-0.2, 0) is 4.79 Å². The molecule has 114 valence electrons. The number of carbonyl (C=O) groups excluding carboxylic acids is 2. The van der Waals surface area contributed by atoms with Gasteiger partial charge in [0.15, 0.2) is 0 Å². The van der Waals surface area contributed by atoms with Crippen LogP contribution in [0.3, 0.4) is 0 Å². The Morgan fingerprint density at radius 1 is 1.24 bits per heavy atom. The Kier molecular flexibility index (Phi) is 5.75. The molecule has 2 amide bonds. The van der Waals surface area contributed by atoms with Gasteiger partial charge < -0.3 is 15.5 Å². The van der Waals surface area contributed by atoms with E-state index in [0.29, 0.717) is 18.7 Å². The lowest BCUT2D eigenvalue weighted by Gasteiger charge is -2.32. The molecule has 0 spiro atoms. The average Bonchev–Trinajstić information content (AvgIpc) is 2.55. The number of hydrogen-bond donors (Lipinski definition) is 2. The van der Waals surface area contributed by atoms with E-state index < -0.39 is 0 Å². The Morgan fingerprint density at radius 2 is 2.00 bits per heavy atom. The Hall–Kier alpha value is -1.88. The molecule has 1 saturated heterocycles. The molecule has 1 unspecified atom stereocenters. The summed E-state index contributed by atoms with van der Waals surface area (Å²) in [6.07, 6.45) is 1.73. The van der Waals surface area contributed by atoms with Crippen LogP contribution in [-0.4, -0.2) is 49.9 Å². The third-order valence-electron chi connectivity index (χ3n) is 3.77. The van der Waals surface area contributed by atoms with Gasteiger partial charge in [0.1, 0.15) is 0 Å². The maximum absolute atomic E-state index is 12.4. The summed E-state index contributed by atoms with van der Waals surface area (Å²) >= 11 is 0. The molecular formula is C16H23N3O2. The number of nitrogens with zero attached hydrogens (tertiary/aromatic N) is 1. The smallest absolute Gasteiger partial charge is 0.253 e. The van der Waals surface area contributed by atoms with Crippen molar-refractivity contribution in [2.45, 2.75) is 12.8 Å². The van der Waals surface area contributed by atoms with Gasteiger partial charge in [-0.3, -0.25) is 9.59 Å². The van der Waals surface area contributed by atoms with E-state index in [1.165, 1.54) is 0 Å². The van der Waals surface area contributed by atoms with Gasteiger partial charge in [-0.05, 0) is 32.0 Å². The Labute approximate surface area is 125 Å². The minimum Gasteiger partial charge on any atom is -0.355 e. The molecule has 0 radical (unpaired) electrons. The molecule has 1 atom stereocenters. The number of nitrogens with one attached hydrogen (secondary N) is 2. The van der Waals surface area contributed by atoms with Crippen molar-refractivity contribution < 1.29 is 9.59 Å². The topological polar surface area (TPSA) is 61.4 Å². The first-order valence-corrected chi connectivity index (χ1v) is 7.49. The summed E-state index contributed by atoms with van der Waals surface area (Å²) in [6, 6.07) is 9.25. The second kappa shape index (κ2) is 7.78. The Balaban J connectivity index is 1.91. The fourth-order valence-corrected chi connectivity index (χ4v) is 2.59. The van der Waals surface area contributed by atoms with Crippen molar-refractivity contribution in [3.63, 3.8) is 0 Å². The van der Waals surface area contributed by atoms with Crippen molar-refractivity contribution in [1.29, 1.82) is 0 Å². The van der Waals surface area contributed by atoms with Crippen LogP contribution >= 0.6 is 0 Å². The number of rotatable bonds is 5. The van der Waals surface area contributed by atoms with E-state index in [-0.39, 0.29) is 17.7 Å². The molecule has 0 aromatic heterocycles. The number of benzene rings is 1. The monoisotopic (exact) mass is 289 g/mol. The van der Waals surface area contributed by atoms with Crippen molar-refractivity contribution in [3.05, 3.63) is 35.9 Å². The third-order valence-corrected chi connectivity index (χ3v) is 3.77. The summed E-state index contributed by atoms with van der Waals surface area (Å²) in [6.45, 7) is 2.62. The van der Waals surface area contributed by atoms with E-state index in [2.05, 4.69) is 10.6 Å². The minimum atomic E-state index is -0.0942. The van der Waals surface area contributed by atoms with Crippen LogP contribution in [0.25, 0.3) is 0 Å². The Morgan fingerprint density at radius 3 is 2.71 bits per heavy atom. The second-order valence-corrected chi connectivity index (χ2v) is 5.35. The maximum atomic E-state index is 12.4. The molecule has 2 rings (SSSR count). The van der Waals surface area contributed by atoms with E-state index in [4.69, 9.17) is 0 Å². The molecule has 21 heavy (non-hydrogen) atoms. The van der Waals surface area contributed by atoms with Gasteiger partial charge in [0.2, 0.25) is 5.91 Å². The van der Waals surface area contributed by atoms with Crippen molar-refractivity contribution in [2.75, 3.05) is 33.2 Å². The van der Waals surface area contributed by atoms with Crippen LogP contribution in [0.4, 0.5) is 0 Å². The third kappa shape index (κ3) is 4.29. The highest BCUT2D eigenvalue weighted by atomic mass is 16.2. The largest absolute Gasteiger partial charge is 0.355 e. The van der Waals surface area contributed by atoms with Crippen molar-refractivity contribution in [3.8, 4) is 0 Å². The van der Waals surface area contributed by atoms with E-state index in [1.54, 1.807) is 4.90 Å². The average molecular weight is 289 g/mol.